The summed E-state index contributed by atoms with van der Waals surface area (Å²) in [5.74, 6) is -2.64. The minimum atomic E-state index is -0.855. The number of anilines is 1. The zero-order chi connectivity index (χ0) is 16.1. The first-order valence-corrected chi connectivity index (χ1v) is 6.45. The van der Waals surface area contributed by atoms with E-state index in [-0.39, 0.29) is 24.5 Å². The fourth-order valence-corrected chi connectivity index (χ4v) is 1.82. The molecule has 0 saturated carbocycles. The molecule has 0 aliphatic heterocycles. The summed E-state index contributed by atoms with van der Waals surface area (Å²) in [6.07, 6.45) is 1.29. The third kappa shape index (κ3) is 3.87. The van der Waals surface area contributed by atoms with Crippen LogP contribution in [-0.2, 0) is 4.79 Å². The van der Waals surface area contributed by atoms with Gasteiger partial charge < -0.3 is 14.7 Å². The van der Waals surface area contributed by atoms with Gasteiger partial charge in [0.1, 0.15) is 24.4 Å². The van der Waals surface area contributed by atoms with Crippen molar-refractivity contribution in [3.05, 3.63) is 47.7 Å². The minimum absolute atomic E-state index is 0.159. The number of rotatable bonds is 5. The van der Waals surface area contributed by atoms with Gasteiger partial charge >= 0.3 is 0 Å². The third-order valence-electron chi connectivity index (χ3n) is 2.82. The second-order valence-corrected chi connectivity index (χ2v) is 4.41. The van der Waals surface area contributed by atoms with E-state index in [1.165, 1.54) is 12.3 Å². The Morgan fingerprint density at radius 2 is 1.95 bits per heavy atom. The number of hydrogen-bond donors (Lipinski definition) is 1. The highest BCUT2D eigenvalue weighted by Crippen LogP contribution is 2.11. The highest BCUT2D eigenvalue weighted by atomic mass is 19.1. The van der Waals surface area contributed by atoms with E-state index < -0.39 is 23.4 Å². The Morgan fingerprint density at radius 3 is 2.50 bits per heavy atom. The van der Waals surface area contributed by atoms with E-state index in [9.17, 15) is 18.4 Å². The van der Waals surface area contributed by atoms with Crippen molar-refractivity contribution in [2.45, 2.75) is 6.92 Å². The normalized spacial score (nSPS) is 10.3. The summed E-state index contributed by atoms with van der Waals surface area (Å²) < 4.78 is 30.9. The van der Waals surface area contributed by atoms with Crippen molar-refractivity contribution in [1.82, 2.24) is 10.1 Å². The summed E-state index contributed by atoms with van der Waals surface area (Å²) in [6, 6.07) is 3.95. The summed E-state index contributed by atoms with van der Waals surface area (Å²) in [5.41, 5.74) is -0.159. The molecule has 6 nitrogen and oxygen atoms in total. The zero-order valence-corrected chi connectivity index (χ0v) is 11.7. The monoisotopic (exact) mass is 309 g/mol. The topological polar surface area (TPSA) is 75.4 Å². The van der Waals surface area contributed by atoms with E-state index in [1.54, 1.807) is 6.92 Å². The molecule has 1 aromatic carbocycles. The van der Waals surface area contributed by atoms with Crippen LogP contribution in [0.15, 0.2) is 35.1 Å². The van der Waals surface area contributed by atoms with Crippen molar-refractivity contribution in [2.24, 2.45) is 0 Å². The summed E-state index contributed by atoms with van der Waals surface area (Å²) in [5, 5.41) is 5.94. The van der Waals surface area contributed by atoms with Crippen LogP contribution < -0.4 is 5.32 Å². The van der Waals surface area contributed by atoms with Crippen LogP contribution in [0.4, 0.5) is 14.6 Å². The number of nitrogens with zero attached hydrogens (tertiary/aromatic N) is 2. The molecule has 0 unspecified atom stereocenters. The largest absolute Gasteiger partial charge is 0.363 e. The van der Waals surface area contributed by atoms with Crippen LogP contribution in [-0.4, -0.2) is 35.0 Å². The maximum atomic E-state index is 13.2. The number of carbonyl (C=O) groups excluding carboxylic acids is 2. The fourth-order valence-electron chi connectivity index (χ4n) is 1.82. The third-order valence-corrected chi connectivity index (χ3v) is 2.82. The van der Waals surface area contributed by atoms with E-state index in [2.05, 4.69) is 15.0 Å². The van der Waals surface area contributed by atoms with E-state index in [0.29, 0.717) is 6.07 Å². The van der Waals surface area contributed by atoms with Gasteiger partial charge in [0, 0.05) is 24.2 Å². The van der Waals surface area contributed by atoms with Gasteiger partial charge in [0.2, 0.25) is 5.91 Å². The number of benzene rings is 1. The molecule has 0 bridgehead atoms. The predicted molar refractivity (Wildman–Crippen MR) is 73.1 cm³/mol. The van der Waals surface area contributed by atoms with Gasteiger partial charge in [-0.2, -0.15) is 0 Å². The number of aromatic nitrogens is 1. The van der Waals surface area contributed by atoms with E-state index in [4.69, 9.17) is 0 Å². The van der Waals surface area contributed by atoms with Crippen molar-refractivity contribution < 1.29 is 22.9 Å². The second-order valence-electron chi connectivity index (χ2n) is 4.41. The summed E-state index contributed by atoms with van der Waals surface area (Å²) in [6.45, 7) is 1.57. The van der Waals surface area contributed by atoms with Gasteiger partial charge in [-0.25, -0.2) is 8.78 Å². The molecule has 0 saturated heterocycles. The van der Waals surface area contributed by atoms with Crippen LogP contribution in [0.2, 0.25) is 0 Å². The molecule has 0 atom stereocenters. The van der Waals surface area contributed by atoms with Gasteiger partial charge in [0.05, 0.1) is 0 Å². The lowest BCUT2D eigenvalue weighted by Crippen LogP contribution is -2.38. The lowest BCUT2D eigenvalue weighted by atomic mass is 10.2. The number of amides is 2. The lowest BCUT2D eigenvalue weighted by Gasteiger charge is -2.20. The van der Waals surface area contributed by atoms with Crippen LogP contribution in [0.5, 0.6) is 0 Å². The molecular formula is C14H13F2N3O3. The predicted octanol–water partition coefficient (Wildman–Crippen LogP) is 2.05. The number of halogens is 2. The average Bonchev–Trinajstić information content (AvgIpc) is 2.95. The lowest BCUT2D eigenvalue weighted by molar-refractivity contribution is -0.116. The maximum absolute atomic E-state index is 13.2. The first kappa shape index (κ1) is 15.6. The highest BCUT2D eigenvalue weighted by molar-refractivity contribution is 5.99. The van der Waals surface area contributed by atoms with Crippen molar-refractivity contribution in [3.8, 4) is 0 Å². The molecule has 116 valence electrons. The minimum Gasteiger partial charge on any atom is -0.363 e. The molecular weight excluding hydrogens is 296 g/mol. The van der Waals surface area contributed by atoms with Gasteiger partial charge in [0.25, 0.3) is 5.91 Å². The standard InChI is InChI=1S/C14H13F2N3O3/c1-2-19(8-13(20)17-12-3-4-22-18-12)14(21)9-5-10(15)7-11(16)6-9/h3-7H,2,8H2,1H3,(H,17,18,20). The Bertz CT molecular complexity index is 654. The van der Waals surface area contributed by atoms with Crippen LogP contribution in [0.25, 0.3) is 0 Å². The Morgan fingerprint density at radius 1 is 1.27 bits per heavy atom. The van der Waals surface area contributed by atoms with Crippen LogP contribution >= 0.6 is 0 Å². The molecule has 2 amide bonds. The summed E-state index contributed by atoms with van der Waals surface area (Å²) in [4.78, 5) is 25.2. The number of carbonyl (C=O) groups is 2. The fraction of sp³-hybridized carbons (Fsp3) is 0.214. The van der Waals surface area contributed by atoms with Gasteiger partial charge in [-0.1, -0.05) is 5.16 Å². The molecule has 0 radical (unpaired) electrons. The molecule has 0 fully saturated rings. The maximum Gasteiger partial charge on any atom is 0.254 e. The first-order chi connectivity index (χ1) is 10.5. The van der Waals surface area contributed by atoms with Crippen LogP contribution in [0.3, 0.4) is 0 Å². The van der Waals surface area contributed by atoms with Gasteiger partial charge in [-0.15, -0.1) is 0 Å². The Hall–Kier alpha value is -2.77. The molecule has 2 aromatic rings. The number of nitrogens with one attached hydrogen (secondary N) is 1. The Kier molecular flexibility index (Phi) is 4.82. The molecule has 8 heteroatoms. The SMILES string of the molecule is CCN(CC(=O)Nc1ccon1)C(=O)c1cc(F)cc(F)c1. The molecule has 0 aliphatic carbocycles. The van der Waals surface area contributed by atoms with Gasteiger partial charge in [-0.05, 0) is 19.1 Å². The molecule has 22 heavy (non-hydrogen) atoms. The van der Waals surface area contributed by atoms with Crippen LogP contribution in [0, 0.1) is 11.6 Å². The molecule has 1 N–H and O–H groups in total. The summed E-state index contributed by atoms with van der Waals surface area (Å²) in [7, 11) is 0. The van der Waals surface area contributed by atoms with Crippen molar-refractivity contribution in [3.63, 3.8) is 0 Å². The Labute approximate surface area is 124 Å². The van der Waals surface area contributed by atoms with Crippen molar-refractivity contribution in [1.29, 1.82) is 0 Å². The van der Waals surface area contributed by atoms with Gasteiger partial charge in [0.15, 0.2) is 5.82 Å². The highest BCUT2D eigenvalue weighted by Gasteiger charge is 2.19. The van der Waals surface area contributed by atoms with Crippen molar-refractivity contribution in [2.75, 3.05) is 18.4 Å². The number of hydrogen-bond acceptors (Lipinski definition) is 4. The smallest absolute Gasteiger partial charge is 0.254 e. The van der Waals surface area contributed by atoms with E-state index in [0.717, 1.165) is 17.0 Å². The van der Waals surface area contributed by atoms with Crippen molar-refractivity contribution >= 4 is 17.6 Å². The molecule has 0 spiro atoms. The molecule has 0 aliphatic rings. The Balaban J connectivity index is 2.06. The second kappa shape index (κ2) is 6.79. The molecule has 1 heterocycles. The molecule has 2 rings (SSSR count). The quantitative estimate of drug-likeness (QED) is 0.917. The number of likely N-dealkylation sites (N-methyl/N-ethyl adjacent to an activating group) is 1. The van der Waals surface area contributed by atoms with E-state index >= 15 is 0 Å². The zero-order valence-electron chi connectivity index (χ0n) is 11.7. The van der Waals surface area contributed by atoms with Crippen LogP contribution in [0.1, 0.15) is 17.3 Å². The van der Waals surface area contributed by atoms with Gasteiger partial charge in [-0.3, -0.25) is 9.59 Å². The van der Waals surface area contributed by atoms with E-state index in [1.807, 2.05) is 0 Å². The first-order valence-electron chi connectivity index (χ1n) is 6.45. The average molecular weight is 309 g/mol. The molecule has 1 aromatic heterocycles. The summed E-state index contributed by atoms with van der Waals surface area (Å²) >= 11 is 0.